The molecular formula is C2H7N3. The van der Waals surface area contributed by atoms with Crippen LogP contribution in [-0.2, 0) is 0 Å². The van der Waals surface area contributed by atoms with E-state index >= 15 is 0 Å². The topological polar surface area (TPSA) is 74.0 Å². The molecule has 1 aliphatic heterocycles. The van der Waals surface area contributed by atoms with Crippen LogP contribution in [0.2, 0.25) is 0 Å². The van der Waals surface area contributed by atoms with Crippen LogP contribution in [0.5, 0.6) is 0 Å². The monoisotopic (exact) mass is 73.1 g/mol. The quantitative estimate of drug-likeness (QED) is 0.233. The van der Waals surface area contributed by atoms with E-state index in [2.05, 4.69) is 5.32 Å². The zero-order valence-corrected chi connectivity index (χ0v) is 2.86. The van der Waals surface area contributed by atoms with Crippen molar-refractivity contribution in [3.8, 4) is 0 Å². The lowest BCUT2D eigenvalue weighted by Crippen LogP contribution is -2.38. The van der Waals surface area contributed by atoms with E-state index < -0.39 is 5.79 Å². The summed E-state index contributed by atoms with van der Waals surface area (Å²) in [6, 6.07) is 0. The summed E-state index contributed by atoms with van der Waals surface area (Å²) in [5.41, 5.74) is 10.3. The van der Waals surface area contributed by atoms with Gasteiger partial charge in [-0.05, 0) is 0 Å². The normalized spacial score (nSPS) is 30.0. The van der Waals surface area contributed by atoms with Crippen LogP contribution >= 0.6 is 0 Å². The maximum Gasteiger partial charge on any atom is 0.131 e. The van der Waals surface area contributed by atoms with E-state index in [1.165, 1.54) is 0 Å². The Morgan fingerprint density at radius 3 is 1.80 bits per heavy atom. The van der Waals surface area contributed by atoms with Crippen molar-refractivity contribution < 1.29 is 0 Å². The number of hydrogen-bond acceptors (Lipinski definition) is 3. The summed E-state index contributed by atoms with van der Waals surface area (Å²) in [6.45, 7) is 0.757. The van der Waals surface area contributed by atoms with Gasteiger partial charge in [-0.1, -0.05) is 0 Å². The highest BCUT2D eigenvalue weighted by molar-refractivity contribution is 4.90. The predicted molar refractivity (Wildman–Crippen MR) is 19.1 cm³/mol. The van der Waals surface area contributed by atoms with Crippen LogP contribution in [-0.4, -0.2) is 12.3 Å². The van der Waals surface area contributed by atoms with Crippen molar-refractivity contribution in [3.63, 3.8) is 0 Å². The molecule has 0 atom stereocenters. The minimum atomic E-state index is -0.500. The van der Waals surface area contributed by atoms with Crippen LogP contribution in [0, 0.1) is 0 Å². The van der Waals surface area contributed by atoms with Gasteiger partial charge in [0.05, 0.1) is 0 Å². The smallest absolute Gasteiger partial charge is 0.131 e. The molecule has 0 aromatic rings. The number of nitrogens with one attached hydrogen (secondary N) is 1. The fourth-order valence-electron chi connectivity index (χ4n) is 0.102. The second kappa shape index (κ2) is 0.518. The van der Waals surface area contributed by atoms with E-state index in [4.69, 9.17) is 11.5 Å². The minimum absolute atomic E-state index is 0.500. The predicted octanol–water partition coefficient (Wildman–Crippen LogP) is -1.84. The SMILES string of the molecule is NC1(N)CN1. The molecule has 0 radical (unpaired) electrons. The van der Waals surface area contributed by atoms with Crippen molar-refractivity contribution in [2.45, 2.75) is 5.79 Å². The zero-order chi connectivity index (χ0) is 3.91. The van der Waals surface area contributed by atoms with Gasteiger partial charge in [-0.15, -0.1) is 0 Å². The molecule has 1 fully saturated rings. The van der Waals surface area contributed by atoms with Crippen molar-refractivity contribution in [3.05, 3.63) is 0 Å². The Kier molecular flexibility index (Phi) is 0.320. The second-order valence-corrected chi connectivity index (χ2v) is 1.39. The highest BCUT2D eigenvalue weighted by atomic mass is 15.4. The van der Waals surface area contributed by atoms with E-state index in [1.807, 2.05) is 0 Å². The first-order valence-electron chi connectivity index (χ1n) is 1.53. The molecule has 0 aromatic carbocycles. The molecular weight excluding hydrogens is 66.0 g/mol. The molecule has 3 heteroatoms. The van der Waals surface area contributed by atoms with Gasteiger partial charge in [0.1, 0.15) is 5.79 Å². The molecule has 0 unspecified atom stereocenters. The van der Waals surface area contributed by atoms with Gasteiger partial charge in [0.2, 0.25) is 0 Å². The third-order valence-corrected chi connectivity index (χ3v) is 0.585. The molecule has 1 rings (SSSR count). The summed E-state index contributed by atoms with van der Waals surface area (Å²) in [6.07, 6.45) is 0. The lowest BCUT2D eigenvalue weighted by molar-refractivity contribution is 0.700. The average molecular weight is 73.1 g/mol. The molecule has 5 N–H and O–H groups in total. The lowest BCUT2D eigenvalue weighted by Gasteiger charge is -1.87. The summed E-state index contributed by atoms with van der Waals surface area (Å²) in [5, 5.41) is 2.73. The van der Waals surface area contributed by atoms with E-state index in [-0.39, 0.29) is 0 Å². The Labute approximate surface area is 30.3 Å². The first kappa shape index (κ1) is 3.08. The number of nitrogens with two attached hydrogens (primary N) is 2. The standard InChI is InChI=1S/C2H7N3/c3-2(4)1-5-2/h5H,1,3-4H2. The van der Waals surface area contributed by atoms with Crippen LogP contribution in [0.4, 0.5) is 0 Å². The largest absolute Gasteiger partial charge is 0.300 e. The van der Waals surface area contributed by atoms with Crippen LogP contribution in [0.25, 0.3) is 0 Å². The minimum Gasteiger partial charge on any atom is -0.300 e. The molecule has 1 saturated heterocycles. The van der Waals surface area contributed by atoms with E-state index in [1.54, 1.807) is 0 Å². The Morgan fingerprint density at radius 1 is 1.60 bits per heavy atom. The molecule has 30 valence electrons. The summed E-state index contributed by atoms with van der Waals surface area (Å²) >= 11 is 0. The molecule has 0 saturated carbocycles. The maximum atomic E-state index is 5.13. The summed E-state index contributed by atoms with van der Waals surface area (Å²) in [4.78, 5) is 0. The molecule has 0 spiro atoms. The molecule has 5 heavy (non-hydrogen) atoms. The molecule has 1 heterocycles. The summed E-state index contributed by atoms with van der Waals surface area (Å²) < 4.78 is 0. The van der Waals surface area contributed by atoms with Gasteiger partial charge in [0, 0.05) is 6.54 Å². The van der Waals surface area contributed by atoms with Crippen molar-refractivity contribution in [1.82, 2.24) is 5.32 Å². The fraction of sp³-hybridized carbons (Fsp3) is 1.00. The van der Waals surface area contributed by atoms with Crippen LogP contribution in [0.15, 0.2) is 0 Å². The molecule has 0 aromatic heterocycles. The fourth-order valence-corrected chi connectivity index (χ4v) is 0.102. The second-order valence-electron chi connectivity index (χ2n) is 1.39. The maximum absolute atomic E-state index is 5.13. The van der Waals surface area contributed by atoms with E-state index in [9.17, 15) is 0 Å². The molecule has 1 aliphatic rings. The van der Waals surface area contributed by atoms with Crippen molar-refractivity contribution in [2.75, 3.05) is 6.54 Å². The van der Waals surface area contributed by atoms with Gasteiger partial charge in [-0.3, -0.25) is 5.32 Å². The number of rotatable bonds is 0. The Hall–Kier alpha value is -0.120. The first-order valence-corrected chi connectivity index (χ1v) is 1.53. The Morgan fingerprint density at radius 2 is 1.80 bits per heavy atom. The average Bonchev–Trinajstić information content (AvgIpc) is 1.76. The van der Waals surface area contributed by atoms with Crippen LogP contribution in [0.1, 0.15) is 0 Å². The third kappa shape index (κ3) is 0.576. The molecule has 0 aliphatic carbocycles. The highest BCUT2D eigenvalue weighted by Gasteiger charge is 2.31. The van der Waals surface area contributed by atoms with Gasteiger partial charge in [0.25, 0.3) is 0 Å². The Bertz CT molecular complexity index is 42.9. The Balaban J connectivity index is 2.38. The zero-order valence-electron chi connectivity index (χ0n) is 2.86. The molecule has 3 nitrogen and oxygen atoms in total. The van der Waals surface area contributed by atoms with Gasteiger partial charge < -0.3 is 11.5 Å². The van der Waals surface area contributed by atoms with Crippen LogP contribution in [0.3, 0.4) is 0 Å². The van der Waals surface area contributed by atoms with Crippen molar-refractivity contribution in [1.29, 1.82) is 0 Å². The lowest BCUT2D eigenvalue weighted by atomic mass is 10.7. The van der Waals surface area contributed by atoms with E-state index in [0.29, 0.717) is 0 Å². The van der Waals surface area contributed by atoms with Gasteiger partial charge >= 0.3 is 0 Å². The first-order chi connectivity index (χ1) is 2.21. The summed E-state index contributed by atoms with van der Waals surface area (Å²) in [5.74, 6) is -0.500. The number of hydrogen-bond donors (Lipinski definition) is 3. The van der Waals surface area contributed by atoms with Crippen molar-refractivity contribution >= 4 is 0 Å². The van der Waals surface area contributed by atoms with Gasteiger partial charge in [-0.2, -0.15) is 0 Å². The highest BCUT2D eigenvalue weighted by Crippen LogP contribution is 1.93. The van der Waals surface area contributed by atoms with E-state index in [0.717, 1.165) is 6.54 Å². The summed E-state index contributed by atoms with van der Waals surface area (Å²) in [7, 11) is 0. The third-order valence-electron chi connectivity index (χ3n) is 0.585. The molecule has 0 amide bonds. The van der Waals surface area contributed by atoms with Gasteiger partial charge in [0.15, 0.2) is 0 Å². The van der Waals surface area contributed by atoms with Crippen LogP contribution < -0.4 is 16.8 Å². The van der Waals surface area contributed by atoms with Crippen molar-refractivity contribution in [2.24, 2.45) is 11.5 Å². The van der Waals surface area contributed by atoms with Gasteiger partial charge in [-0.25, -0.2) is 0 Å². The molecule has 0 bridgehead atoms.